The molecule has 2 heterocycles. The zero-order chi connectivity index (χ0) is 22.4. The maximum absolute atomic E-state index is 12.9. The van der Waals surface area contributed by atoms with Crippen molar-refractivity contribution in [1.82, 2.24) is 9.55 Å². The number of hydrogen-bond donors (Lipinski definition) is 2. The van der Waals surface area contributed by atoms with Crippen LogP contribution in [0.25, 0.3) is 10.9 Å². The number of halogens is 2. The number of aromatic hydroxyl groups is 1. The van der Waals surface area contributed by atoms with E-state index in [-0.39, 0.29) is 27.0 Å². The molecule has 164 valence electrons. The molecule has 3 aromatic rings. The molecule has 1 aromatic carbocycles. The Labute approximate surface area is 191 Å². The average molecular weight is 462 g/mol. The third kappa shape index (κ3) is 5.57. The van der Waals surface area contributed by atoms with Crippen LogP contribution in [0.1, 0.15) is 55.8 Å². The smallest absolute Gasteiger partial charge is 0.296 e. The molecule has 0 spiro atoms. The molecule has 1 amide bonds. The van der Waals surface area contributed by atoms with Crippen LogP contribution in [0, 0.1) is 0 Å². The number of nitrogens with zero attached hydrogens (tertiary/aromatic N) is 2. The molecule has 0 bridgehead atoms. The number of fused-ring (bicyclic) bond motifs is 1. The summed E-state index contributed by atoms with van der Waals surface area (Å²) in [7, 11) is 0. The fourth-order valence-corrected chi connectivity index (χ4v) is 4.00. The van der Waals surface area contributed by atoms with Gasteiger partial charge in [0.05, 0.1) is 21.3 Å². The van der Waals surface area contributed by atoms with Crippen molar-refractivity contribution in [2.75, 3.05) is 5.32 Å². The number of aromatic nitrogens is 2. The first kappa shape index (κ1) is 23.1. The first-order valence-corrected chi connectivity index (χ1v) is 11.1. The van der Waals surface area contributed by atoms with E-state index in [9.17, 15) is 14.7 Å². The fraction of sp³-hybridized carbons (Fsp3) is 0.348. The summed E-state index contributed by atoms with van der Waals surface area (Å²) in [6.07, 6.45) is 11.2. The van der Waals surface area contributed by atoms with E-state index in [1.165, 1.54) is 44.1 Å². The molecule has 3 rings (SSSR count). The number of unbranched alkanes of at least 4 members (excludes halogenated alkanes) is 5. The summed E-state index contributed by atoms with van der Waals surface area (Å²) < 4.78 is 1.96. The number of rotatable bonds is 10. The van der Waals surface area contributed by atoms with Gasteiger partial charge in [0, 0.05) is 36.0 Å². The van der Waals surface area contributed by atoms with Crippen molar-refractivity contribution in [1.29, 1.82) is 0 Å². The average Bonchev–Trinajstić information content (AvgIpc) is 3.10. The molecule has 8 heteroatoms. The van der Waals surface area contributed by atoms with E-state index in [1.54, 1.807) is 18.3 Å². The Hall–Kier alpha value is -2.57. The second kappa shape index (κ2) is 10.6. The van der Waals surface area contributed by atoms with E-state index < -0.39 is 11.7 Å². The van der Waals surface area contributed by atoms with Crippen molar-refractivity contribution in [2.24, 2.45) is 0 Å². The number of hydrogen-bond acceptors (Lipinski definition) is 4. The predicted octanol–water partition coefficient (Wildman–Crippen LogP) is 6.23. The topological polar surface area (TPSA) is 84.2 Å². The van der Waals surface area contributed by atoms with E-state index in [2.05, 4.69) is 17.2 Å². The first-order chi connectivity index (χ1) is 14.9. The van der Waals surface area contributed by atoms with E-state index in [0.717, 1.165) is 24.9 Å². The number of pyridine rings is 1. The van der Waals surface area contributed by atoms with Crippen LogP contribution >= 0.6 is 23.2 Å². The molecule has 0 unspecified atom stereocenters. The maximum Gasteiger partial charge on any atom is 0.296 e. The normalized spacial score (nSPS) is 11.1. The van der Waals surface area contributed by atoms with E-state index in [0.29, 0.717) is 5.39 Å². The number of Topliss-reactive ketones (excluding diaryl/α,β-unsaturated/α-hetero) is 1. The largest absolute Gasteiger partial charge is 0.508 e. The van der Waals surface area contributed by atoms with E-state index in [1.807, 2.05) is 4.57 Å². The van der Waals surface area contributed by atoms with Gasteiger partial charge in [-0.3, -0.25) is 14.6 Å². The number of carbonyl (C=O) groups is 2. The zero-order valence-electron chi connectivity index (χ0n) is 17.3. The Morgan fingerprint density at radius 1 is 1.06 bits per heavy atom. The highest BCUT2D eigenvalue weighted by molar-refractivity contribution is 6.50. The molecule has 0 aliphatic heterocycles. The quantitative estimate of drug-likeness (QED) is 0.213. The van der Waals surface area contributed by atoms with Crippen molar-refractivity contribution in [3.8, 4) is 5.75 Å². The fourth-order valence-electron chi connectivity index (χ4n) is 3.54. The first-order valence-electron chi connectivity index (χ1n) is 10.4. The minimum absolute atomic E-state index is 0.0273. The van der Waals surface area contributed by atoms with Gasteiger partial charge in [-0.1, -0.05) is 62.2 Å². The second-order valence-electron chi connectivity index (χ2n) is 7.47. The summed E-state index contributed by atoms with van der Waals surface area (Å²) in [5.41, 5.74) is 1.15. The number of aryl methyl sites for hydroxylation is 1. The van der Waals surface area contributed by atoms with Gasteiger partial charge in [-0.2, -0.15) is 0 Å². The highest BCUT2D eigenvalue weighted by atomic mass is 35.5. The number of nitrogens with one attached hydrogen (secondary N) is 1. The highest BCUT2D eigenvalue weighted by Crippen LogP contribution is 2.30. The number of phenols is 1. The number of amides is 1. The molecule has 6 nitrogen and oxygen atoms in total. The summed E-state index contributed by atoms with van der Waals surface area (Å²) in [5.74, 6) is -1.57. The van der Waals surface area contributed by atoms with Crippen LogP contribution in [0.5, 0.6) is 5.75 Å². The van der Waals surface area contributed by atoms with Crippen molar-refractivity contribution in [3.63, 3.8) is 0 Å². The monoisotopic (exact) mass is 461 g/mol. The summed E-state index contributed by atoms with van der Waals surface area (Å²) in [6.45, 7) is 2.91. The molecule has 2 aromatic heterocycles. The van der Waals surface area contributed by atoms with Gasteiger partial charge in [0.2, 0.25) is 0 Å². The summed E-state index contributed by atoms with van der Waals surface area (Å²) >= 11 is 12.1. The Morgan fingerprint density at radius 2 is 1.74 bits per heavy atom. The van der Waals surface area contributed by atoms with Crippen LogP contribution < -0.4 is 5.32 Å². The lowest BCUT2D eigenvalue weighted by atomic mass is 10.1. The highest BCUT2D eigenvalue weighted by Gasteiger charge is 2.23. The van der Waals surface area contributed by atoms with Crippen LogP contribution in [0.15, 0.2) is 36.8 Å². The summed E-state index contributed by atoms with van der Waals surface area (Å²) in [5, 5.41) is 13.2. The van der Waals surface area contributed by atoms with Crippen LogP contribution in [0.4, 0.5) is 5.69 Å². The molecule has 0 aliphatic rings. The van der Waals surface area contributed by atoms with Gasteiger partial charge in [-0.05, 0) is 24.6 Å². The number of phenolic OH excluding ortho intramolecular Hbond substituents is 1. The lowest BCUT2D eigenvalue weighted by molar-refractivity contribution is -0.112. The molecule has 0 atom stereocenters. The third-order valence-corrected chi connectivity index (χ3v) is 5.73. The van der Waals surface area contributed by atoms with Gasteiger partial charge >= 0.3 is 0 Å². The van der Waals surface area contributed by atoms with Gasteiger partial charge in [0.1, 0.15) is 5.75 Å². The number of benzene rings is 1. The molecule has 0 fully saturated rings. The van der Waals surface area contributed by atoms with Gasteiger partial charge in [0.25, 0.3) is 11.7 Å². The second-order valence-corrected chi connectivity index (χ2v) is 8.28. The molecule has 0 aliphatic carbocycles. The number of ketones is 1. The molecule has 0 radical (unpaired) electrons. The Bertz CT molecular complexity index is 1070. The van der Waals surface area contributed by atoms with Crippen LogP contribution in [0.3, 0.4) is 0 Å². The SMILES string of the molecule is CCCCCCCCn1cc(C(=O)C(=O)Nc2c(Cl)cncc2Cl)c2cc(O)ccc21. The summed E-state index contributed by atoms with van der Waals surface area (Å²) in [4.78, 5) is 29.4. The predicted molar refractivity (Wildman–Crippen MR) is 124 cm³/mol. The Kier molecular flexibility index (Phi) is 7.93. The Balaban J connectivity index is 1.81. The van der Waals surface area contributed by atoms with Gasteiger partial charge in [-0.15, -0.1) is 0 Å². The lowest BCUT2D eigenvalue weighted by Gasteiger charge is -2.07. The van der Waals surface area contributed by atoms with Gasteiger partial charge < -0.3 is 15.0 Å². The van der Waals surface area contributed by atoms with E-state index >= 15 is 0 Å². The Morgan fingerprint density at radius 3 is 2.45 bits per heavy atom. The van der Waals surface area contributed by atoms with E-state index in [4.69, 9.17) is 23.2 Å². The molecular weight excluding hydrogens is 437 g/mol. The van der Waals surface area contributed by atoms with Crippen molar-refractivity contribution >= 4 is 51.5 Å². The molecule has 2 N–H and O–H groups in total. The number of anilines is 1. The minimum Gasteiger partial charge on any atom is -0.508 e. The van der Waals surface area contributed by atoms with Crippen molar-refractivity contribution < 1.29 is 14.7 Å². The molecule has 0 saturated heterocycles. The summed E-state index contributed by atoms with van der Waals surface area (Å²) in [6, 6.07) is 4.83. The minimum atomic E-state index is -0.864. The van der Waals surface area contributed by atoms with Crippen LogP contribution in [-0.4, -0.2) is 26.3 Å². The number of carbonyl (C=O) groups excluding carboxylic acids is 2. The third-order valence-electron chi connectivity index (χ3n) is 5.16. The van der Waals surface area contributed by atoms with Gasteiger partial charge in [-0.25, -0.2) is 0 Å². The zero-order valence-corrected chi connectivity index (χ0v) is 18.8. The molecular formula is C23H25Cl2N3O3. The van der Waals surface area contributed by atoms with Crippen LogP contribution in [0.2, 0.25) is 10.0 Å². The standard InChI is InChI=1S/C23H25Cl2N3O3/c1-2-3-4-5-6-7-10-28-14-17(16-11-15(29)8-9-20(16)28)22(30)23(31)27-21-18(24)12-26-13-19(21)25/h8-9,11-14,29H,2-7,10H2,1H3,(H,26,27,31). The molecule has 0 saturated carbocycles. The van der Waals surface area contributed by atoms with Crippen molar-refractivity contribution in [3.05, 3.63) is 52.4 Å². The van der Waals surface area contributed by atoms with Crippen molar-refractivity contribution in [2.45, 2.75) is 52.0 Å². The van der Waals surface area contributed by atoms with Crippen LogP contribution in [-0.2, 0) is 11.3 Å². The maximum atomic E-state index is 12.9. The molecule has 31 heavy (non-hydrogen) atoms. The van der Waals surface area contributed by atoms with Gasteiger partial charge in [0.15, 0.2) is 0 Å². The lowest BCUT2D eigenvalue weighted by Crippen LogP contribution is -2.23.